The summed E-state index contributed by atoms with van der Waals surface area (Å²) in [7, 11) is 0. The third-order valence-corrected chi connectivity index (χ3v) is 7.14. The van der Waals surface area contributed by atoms with Gasteiger partial charge in [0.1, 0.15) is 17.9 Å². The number of hydrogen-bond acceptors (Lipinski definition) is 4. The van der Waals surface area contributed by atoms with Gasteiger partial charge in [-0.1, -0.05) is 70.0 Å². The van der Waals surface area contributed by atoms with E-state index in [9.17, 15) is 9.59 Å². The van der Waals surface area contributed by atoms with E-state index in [-0.39, 0.29) is 17.1 Å². The molecule has 7 heteroatoms. The molecule has 0 saturated heterocycles. The van der Waals surface area contributed by atoms with E-state index in [1.807, 2.05) is 78.9 Å². The number of amides is 1. The quantitative estimate of drug-likeness (QED) is 0.218. The summed E-state index contributed by atoms with van der Waals surface area (Å²) in [5, 5.41) is 0.759. The largest absolute Gasteiger partial charge is 0.489 e. The van der Waals surface area contributed by atoms with Gasteiger partial charge in [0.05, 0.1) is 17.0 Å². The second kappa shape index (κ2) is 9.54. The predicted molar refractivity (Wildman–Crippen MR) is 148 cm³/mol. The Bertz CT molecular complexity index is 1680. The predicted octanol–water partition coefficient (Wildman–Crippen LogP) is 7.54. The van der Waals surface area contributed by atoms with Crippen LogP contribution in [0.4, 0.5) is 5.69 Å². The molecule has 0 bridgehead atoms. The maximum atomic E-state index is 13.7. The van der Waals surface area contributed by atoms with Gasteiger partial charge in [-0.25, -0.2) is 0 Å². The van der Waals surface area contributed by atoms with Gasteiger partial charge in [0.15, 0.2) is 5.43 Å². The molecule has 0 aliphatic carbocycles. The number of benzene rings is 4. The smallest absolute Gasteiger partial charge is 0.295 e. The molecular formula is C30H19BrClNO4. The number of carbonyl (C=O) groups excluding carboxylic acids is 1. The number of nitrogens with zero attached hydrogens (tertiary/aromatic N) is 1. The molecule has 1 atom stereocenters. The molecule has 182 valence electrons. The fourth-order valence-electron chi connectivity index (χ4n) is 4.62. The van der Waals surface area contributed by atoms with Gasteiger partial charge in [-0.15, -0.1) is 0 Å². The number of halogens is 2. The van der Waals surface area contributed by atoms with Crippen LogP contribution in [0.1, 0.15) is 33.3 Å². The van der Waals surface area contributed by atoms with E-state index in [0.29, 0.717) is 39.6 Å². The minimum atomic E-state index is -0.675. The Morgan fingerprint density at radius 1 is 0.892 bits per heavy atom. The van der Waals surface area contributed by atoms with Crippen molar-refractivity contribution < 1.29 is 13.9 Å². The second-order valence-corrected chi connectivity index (χ2v) is 10.1. The van der Waals surface area contributed by atoms with Crippen molar-refractivity contribution in [2.24, 2.45) is 0 Å². The van der Waals surface area contributed by atoms with Crippen molar-refractivity contribution in [2.75, 3.05) is 4.90 Å². The van der Waals surface area contributed by atoms with Gasteiger partial charge in [-0.3, -0.25) is 14.5 Å². The van der Waals surface area contributed by atoms with Crippen molar-refractivity contribution >= 4 is 50.1 Å². The average molecular weight is 573 g/mol. The first-order valence-electron chi connectivity index (χ1n) is 11.6. The Morgan fingerprint density at radius 3 is 2.35 bits per heavy atom. The van der Waals surface area contributed by atoms with Crippen LogP contribution in [0.2, 0.25) is 5.02 Å². The summed E-state index contributed by atoms with van der Waals surface area (Å²) in [5.74, 6) is 0.350. The van der Waals surface area contributed by atoms with Crippen LogP contribution < -0.4 is 15.1 Å². The van der Waals surface area contributed by atoms with E-state index in [0.717, 1.165) is 15.6 Å². The first-order valence-corrected chi connectivity index (χ1v) is 12.8. The van der Waals surface area contributed by atoms with Crippen molar-refractivity contribution in [1.82, 2.24) is 0 Å². The number of anilines is 1. The van der Waals surface area contributed by atoms with E-state index in [2.05, 4.69) is 15.9 Å². The lowest BCUT2D eigenvalue weighted by Gasteiger charge is -2.25. The highest BCUT2D eigenvalue weighted by atomic mass is 79.9. The van der Waals surface area contributed by atoms with Crippen LogP contribution >= 0.6 is 27.5 Å². The Balaban J connectivity index is 1.44. The third-order valence-electron chi connectivity index (χ3n) is 6.38. The minimum absolute atomic E-state index is 0.0390. The molecule has 1 aromatic heterocycles. The maximum Gasteiger partial charge on any atom is 0.295 e. The molecule has 5 aromatic rings. The molecule has 0 spiro atoms. The topological polar surface area (TPSA) is 59.8 Å². The number of carbonyl (C=O) groups is 1. The van der Waals surface area contributed by atoms with Gasteiger partial charge in [0.2, 0.25) is 5.76 Å². The number of ether oxygens (including phenoxy) is 1. The van der Waals surface area contributed by atoms with Gasteiger partial charge >= 0.3 is 0 Å². The maximum absolute atomic E-state index is 13.7. The Labute approximate surface area is 226 Å². The zero-order valence-corrected chi connectivity index (χ0v) is 21.7. The molecule has 1 amide bonds. The number of hydrogen-bond donors (Lipinski definition) is 0. The van der Waals surface area contributed by atoms with Crippen molar-refractivity contribution in [2.45, 2.75) is 12.6 Å². The van der Waals surface area contributed by atoms with Gasteiger partial charge in [-0.05, 0) is 65.7 Å². The van der Waals surface area contributed by atoms with Gasteiger partial charge in [0.25, 0.3) is 5.91 Å². The molecule has 6 rings (SSSR count). The molecule has 4 aromatic carbocycles. The Hall–Kier alpha value is -3.87. The van der Waals surface area contributed by atoms with Gasteiger partial charge in [0, 0.05) is 15.2 Å². The summed E-state index contributed by atoms with van der Waals surface area (Å²) in [6.07, 6.45) is 0. The first kappa shape index (κ1) is 23.5. The standard InChI is InChI=1S/C30H19BrClNO4/c31-20-8-11-22(12-9-20)33-27(19-6-13-23(14-7-19)36-17-18-4-2-1-3-5-18)26-28(34)24-16-21(32)10-15-25(24)37-29(26)30(33)35/h1-16,27H,17H2. The summed E-state index contributed by atoms with van der Waals surface area (Å²) < 4.78 is 12.8. The van der Waals surface area contributed by atoms with E-state index in [4.69, 9.17) is 20.8 Å². The summed E-state index contributed by atoms with van der Waals surface area (Å²) in [5.41, 5.74) is 2.81. The van der Waals surface area contributed by atoms with Crippen LogP contribution in [0.5, 0.6) is 5.75 Å². The highest BCUT2D eigenvalue weighted by Crippen LogP contribution is 2.42. The van der Waals surface area contributed by atoms with Crippen molar-refractivity contribution in [3.63, 3.8) is 0 Å². The minimum Gasteiger partial charge on any atom is -0.489 e. The molecule has 1 aliphatic rings. The fraction of sp³-hybridized carbons (Fsp3) is 0.0667. The lowest BCUT2D eigenvalue weighted by molar-refractivity contribution is 0.0971. The monoisotopic (exact) mass is 571 g/mol. The molecular weight excluding hydrogens is 554 g/mol. The lowest BCUT2D eigenvalue weighted by atomic mass is 9.98. The number of rotatable bonds is 5. The summed E-state index contributed by atoms with van der Waals surface area (Å²) in [6, 6.07) is 28.9. The Kier molecular flexibility index (Phi) is 6.07. The molecule has 5 nitrogen and oxygen atoms in total. The summed E-state index contributed by atoms with van der Waals surface area (Å²) in [6.45, 7) is 0.437. The zero-order valence-electron chi connectivity index (χ0n) is 19.4. The molecule has 2 heterocycles. The molecule has 1 aliphatic heterocycles. The van der Waals surface area contributed by atoms with Crippen LogP contribution in [-0.2, 0) is 6.61 Å². The van der Waals surface area contributed by atoms with E-state index in [1.165, 1.54) is 0 Å². The second-order valence-electron chi connectivity index (χ2n) is 8.71. The van der Waals surface area contributed by atoms with Crippen LogP contribution in [0.3, 0.4) is 0 Å². The van der Waals surface area contributed by atoms with E-state index >= 15 is 0 Å². The van der Waals surface area contributed by atoms with Gasteiger partial charge < -0.3 is 9.15 Å². The highest BCUT2D eigenvalue weighted by Gasteiger charge is 2.43. The fourth-order valence-corrected chi connectivity index (χ4v) is 5.05. The normalized spacial score (nSPS) is 14.7. The van der Waals surface area contributed by atoms with Crippen LogP contribution in [0.15, 0.2) is 111 Å². The highest BCUT2D eigenvalue weighted by molar-refractivity contribution is 9.10. The number of fused-ring (bicyclic) bond motifs is 2. The van der Waals surface area contributed by atoms with Crippen molar-refractivity contribution in [3.05, 3.63) is 139 Å². The summed E-state index contributed by atoms with van der Waals surface area (Å²) in [4.78, 5) is 29.0. The van der Waals surface area contributed by atoms with Gasteiger partial charge in [-0.2, -0.15) is 0 Å². The molecule has 0 N–H and O–H groups in total. The average Bonchev–Trinajstić information content (AvgIpc) is 3.21. The molecule has 0 fully saturated rings. The molecule has 37 heavy (non-hydrogen) atoms. The Morgan fingerprint density at radius 2 is 1.62 bits per heavy atom. The SMILES string of the molecule is O=C1c2oc3ccc(Cl)cc3c(=O)c2C(c2ccc(OCc3ccccc3)cc2)N1c1ccc(Br)cc1. The lowest BCUT2D eigenvalue weighted by Crippen LogP contribution is -2.29. The molecule has 1 unspecified atom stereocenters. The molecule has 0 saturated carbocycles. The summed E-state index contributed by atoms with van der Waals surface area (Å²) >= 11 is 9.62. The van der Waals surface area contributed by atoms with E-state index in [1.54, 1.807) is 23.1 Å². The van der Waals surface area contributed by atoms with Crippen LogP contribution in [0, 0.1) is 0 Å². The van der Waals surface area contributed by atoms with Crippen molar-refractivity contribution in [1.29, 1.82) is 0 Å². The van der Waals surface area contributed by atoms with Crippen LogP contribution in [-0.4, -0.2) is 5.91 Å². The van der Waals surface area contributed by atoms with Crippen molar-refractivity contribution in [3.8, 4) is 5.75 Å². The molecule has 0 radical (unpaired) electrons. The van der Waals surface area contributed by atoms with Crippen LogP contribution in [0.25, 0.3) is 11.0 Å². The zero-order chi connectivity index (χ0) is 25.5. The third kappa shape index (κ3) is 4.32. The first-order chi connectivity index (χ1) is 18.0. The van der Waals surface area contributed by atoms with E-state index < -0.39 is 6.04 Å².